The van der Waals surface area contributed by atoms with E-state index in [2.05, 4.69) is 5.32 Å². The summed E-state index contributed by atoms with van der Waals surface area (Å²) in [5.41, 5.74) is 1.06. The average molecular weight is 259 g/mol. The van der Waals surface area contributed by atoms with Crippen molar-refractivity contribution in [2.75, 3.05) is 5.32 Å². The van der Waals surface area contributed by atoms with Crippen molar-refractivity contribution in [3.63, 3.8) is 0 Å². The highest BCUT2D eigenvalue weighted by atomic mass is 16.3. The first-order valence-electron chi connectivity index (χ1n) is 5.64. The maximum atomic E-state index is 11.9. The van der Waals surface area contributed by atoms with Crippen LogP contribution in [0.1, 0.15) is 15.9 Å². The number of carbonyl (C=O) groups is 1. The number of hydrogen-bond donors (Lipinski definition) is 4. The Balaban J connectivity index is 2.21. The van der Waals surface area contributed by atoms with Gasteiger partial charge in [0.25, 0.3) is 5.91 Å². The van der Waals surface area contributed by atoms with Crippen molar-refractivity contribution in [1.29, 1.82) is 0 Å². The van der Waals surface area contributed by atoms with E-state index in [1.54, 1.807) is 24.3 Å². The van der Waals surface area contributed by atoms with Gasteiger partial charge in [-0.05, 0) is 29.8 Å². The maximum absolute atomic E-state index is 11.9. The number of carbonyl (C=O) groups excluding carboxylic acids is 1. The van der Waals surface area contributed by atoms with Crippen molar-refractivity contribution in [3.8, 4) is 11.5 Å². The Kier molecular flexibility index (Phi) is 3.68. The molecule has 5 nitrogen and oxygen atoms in total. The molecule has 0 spiro atoms. The van der Waals surface area contributed by atoms with Crippen LogP contribution in [0.4, 0.5) is 5.69 Å². The van der Waals surface area contributed by atoms with Gasteiger partial charge in [0.05, 0.1) is 6.61 Å². The molecule has 0 saturated carbocycles. The molecular weight excluding hydrogens is 246 g/mol. The number of anilines is 1. The monoisotopic (exact) mass is 259 g/mol. The maximum Gasteiger partial charge on any atom is 0.263 e. The van der Waals surface area contributed by atoms with Gasteiger partial charge < -0.3 is 20.6 Å². The van der Waals surface area contributed by atoms with Crippen LogP contribution < -0.4 is 5.32 Å². The Morgan fingerprint density at radius 2 is 1.58 bits per heavy atom. The molecule has 98 valence electrons. The molecule has 0 aliphatic rings. The smallest absolute Gasteiger partial charge is 0.263 e. The molecule has 2 aromatic carbocycles. The summed E-state index contributed by atoms with van der Waals surface area (Å²) in [7, 11) is 0. The lowest BCUT2D eigenvalue weighted by Gasteiger charge is -2.08. The van der Waals surface area contributed by atoms with Gasteiger partial charge in [0.15, 0.2) is 0 Å². The Hall–Kier alpha value is -2.53. The molecular formula is C14H13NO4. The van der Waals surface area contributed by atoms with E-state index in [1.165, 1.54) is 18.2 Å². The normalized spacial score (nSPS) is 10.2. The molecule has 5 heteroatoms. The van der Waals surface area contributed by atoms with Crippen molar-refractivity contribution >= 4 is 11.6 Å². The molecule has 0 aromatic heterocycles. The second kappa shape index (κ2) is 5.41. The lowest BCUT2D eigenvalue weighted by Crippen LogP contribution is -2.12. The quantitative estimate of drug-likeness (QED) is 0.677. The van der Waals surface area contributed by atoms with Crippen molar-refractivity contribution in [3.05, 3.63) is 53.6 Å². The van der Waals surface area contributed by atoms with Crippen LogP contribution in [0.5, 0.6) is 11.5 Å². The molecule has 4 N–H and O–H groups in total. The topological polar surface area (TPSA) is 89.8 Å². The van der Waals surface area contributed by atoms with E-state index in [1.807, 2.05) is 0 Å². The fraction of sp³-hybridized carbons (Fsp3) is 0.0714. The summed E-state index contributed by atoms with van der Waals surface area (Å²) in [6, 6.07) is 10.7. The van der Waals surface area contributed by atoms with Gasteiger partial charge in [-0.1, -0.05) is 18.2 Å². The van der Waals surface area contributed by atoms with E-state index in [9.17, 15) is 15.0 Å². The molecule has 0 unspecified atom stereocenters. The number of phenols is 2. The standard InChI is InChI=1S/C14H13NO4/c16-8-9-4-6-10(7-5-9)15-14(19)13-11(17)2-1-3-12(13)18/h1-7,16-18H,8H2,(H,15,19). The summed E-state index contributed by atoms with van der Waals surface area (Å²) < 4.78 is 0. The molecule has 0 heterocycles. The van der Waals surface area contributed by atoms with Gasteiger partial charge in [0.2, 0.25) is 0 Å². The zero-order valence-corrected chi connectivity index (χ0v) is 10.00. The van der Waals surface area contributed by atoms with Gasteiger partial charge in [-0.25, -0.2) is 0 Å². The van der Waals surface area contributed by atoms with Crippen LogP contribution in [-0.2, 0) is 6.61 Å². The van der Waals surface area contributed by atoms with E-state index >= 15 is 0 Å². The highest BCUT2D eigenvalue weighted by Crippen LogP contribution is 2.27. The Labute approximate surface area is 109 Å². The first-order chi connectivity index (χ1) is 9.11. The fourth-order valence-electron chi connectivity index (χ4n) is 1.65. The molecule has 1 amide bonds. The molecule has 0 aliphatic heterocycles. The van der Waals surface area contributed by atoms with Crippen LogP contribution in [0, 0.1) is 0 Å². The summed E-state index contributed by atoms with van der Waals surface area (Å²) in [6.45, 7) is -0.0749. The van der Waals surface area contributed by atoms with Gasteiger partial charge in [0, 0.05) is 5.69 Å². The SMILES string of the molecule is O=C(Nc1ccc(CO)cc1)c1c(O)cccc1O. The first-order valence-corrected chi connectivity index (χ1v) is 5.64. The van der Waals surface area contributed by atoms with Crippen LogP contribution >= 0.6 is 0 Å². The van der Waals surface area contributed by atoms with E-state index in [0.29, 0.717) is 5.69 Å². The summed E-state index contributed by atoms with van der Waals surface area (Å²) in [6.07, 6.45) is 0. The second-order valence-electron chi connectivity index (χ2n) is 3.98. The predicted molar refractivity (Wildman–Crippen MR) is 70.1 cm³/mol. The number of aliphatic hydroxyl groups excluding tert-OH is 1. The molecule has 0 saturated heterocycles. The number of nitrogens with one attached hydrogen (secondary N) is 1. The Bertz CT molecular complexity index is 573. The third-order valence-corrected chi connectivity index (χ3v) is 2.64. The predicted octanol–water partition coefficient (Wildman–Crippen LogP) is 1.84. The highest BCUT2D eigenvalue weighted by molar-refractivity contribution is 6.08. The van der Waals surface area contributed by atoms with E-state index in [-0.39, 0.29) is 23.7 Å². The van der Waals surface area contributed by atoms with Crippen LogP contribution in [-0.4, -0.2) is 21.2 Å². The molecule has 0 bridgehead atoms. The zero-order chi connectivity index (χ0) is 13.8. The number of hydrogen-bond acceptors (Lipinski definition) is 4. The van der Waals surface area contributed by atoms with Crippen LogP contribution in [0.2, 0.25) is 0 Å². The molecule has 0 atom stereocenters. The number of aliphatic hydroxyl groups is 1. The number of aromatic hydroxyl groups is 2. The van der Waals surface area contributed by atoms with Crippen LogP contribution in [0.3, 0.4) is 0 Å². The Morgan fingerprint density at radius 3 is 2.11 bits per heavy atom. The van der Waals surface area contributed by atoms with Gasteiger partial charge in [-0.2, -0.15) is 0 Å². The van der Waals surface area contributed by atoms with Crippen LogP contribution in [0.25, 0.3) is 0 Å². The summed E-state index contributed by atoms with van der Waals surface area (Å²) in [5, 5.41) is 30.6. The van der Waals surface area contributed by atoms with Gasteiger partial charge >= 0.3 is 0 Å². The molecule has 2 aromatic rings. The largest absolute Gasteiger partial charge is 0.507 e. The van der Waals surface area contributed by atoms with Crippen molar-refractivity contribution in [2.45, 2.75) is 6.61 Å². The molecule has 0 aliphatic carbocycles. The molecule has 2 rings (SSSR count). The van der Waals surface area contributed by atoms with Crippen molar-refractivity contribution in [1.82, 2.24) is 0 Å². The number of benzene rings is 2. The van der Waals surface area contributed by atoms with Gasteiger partial charge in [-0.3, -0.25) is 4.79 Å². The number of rotatable bonds is 3. The third kappa shape index (κ3) is 2.83. The molecule has 19 heavy (non-hydrogen) atoms. The summed E-state index contributed by atoms with van der Waals surface area (Å²) >= 11 is 0. The molecule has 0 radical (unpaired) electrons. The highest BCUT2D eigenvalue weighted by Gasteiger charge is 2.15. The lowest BCUT2D eigenvalue weighted by molar-refractivity contribution is 0.102. The van der Waals surface area contributed by atoms with Gasteiger partial charge in [-0.15, -0.1) is 0 Å². The first kappa shape index (κ1) is 12.9. The number of phenolic OH excluding ortho intramolecular Hbond substituents is 2. The summed E-state index contributed by atoms with van der Waals surface area (Å²) in [5.74, 6) is -1.18. The molecule has 0 fully saturated rings. The minimum Gasteiger partial charge on any atom is -0.507 e. The van der Waals surface area contributed by atoms with Crippen molar-refractivity contribution in [2.24, 2.45) is 0 Å². The van der Waals surface area contributed by atoms with E-state index < -0.39 is 5.91 Å². The number of amides is 1. The van der Waals surface area contributed by atoms with Crippen LogP contribution in [0.15, 0.2) is 42.5 Å². The lowest BCUT2D eigenvalue weighted by atomic mass is 10.1. The van der Waals surface area contributed by atoms with Crippen molar-refractivity contribution < 1.29 is 20.1 Å². The minimum atomic E-state index is -0.604. The average Bonchev–Trinajstić information content (AvgIpc) is 2.39. The van der Waals surface area contributed by atoms with E-state index in [4.69, 9.17) is 5.11 Å². The zero-order valence-electron chi connectivity index (χ0n) is 10.00. The second-order valence-corrected chi connectivity index (χ2v) is 3.98. The van der Waals surface area contributed by atoms with E-state index in [0.717, 1.165) is 5.56 Å². The minimum absolute atomic E-state index is 0.0749. The van der Waals surface area contributed by atoms with Gasteiger partial charge in [0.1, 0.15) is 17.1 Å². The summed E-state index contributed by atoms with van der Waals surface area (Å²) in [4.78, 5) is 11.9. The Morgan fingerprint density at radius 1 is 1.00 bits per heavy atom. The fourth-order valence-corrected chi connectivity index (χ4v) is 1.65. The third-order valence-electron chi connectivity index (χ3n) is 2.64.